The number of amides is 2. The first kappa shape index (κ1) is 27.0. The van der Waals surface area contributed by atoms with E-state index in [9.17, 15) is 14.4 Å². The molecule has 0 saturated heterocycles. The summed E-state index contributed by atoms with van der Waals surface area (Å²) in [6.07, 6.45) is 7.07. The standard InChI is InChI=1S/C30H41N3O4/c1-18-11-21(13-22(12-18)27(34)32-30(3,4)5)26-16-25(28(35)31-24-14-23(15-24)29(36)37)19(2)33(26)17-20-9-7-6-8-10-20/h11-13,16,20,23-24H,6-10,14-15,17H2,1-5H3,(H,31,35)(H,32,34)(H,36,37). The molecule has 0 spiro atoms. The van der Waals surface area contributed by atoms with E-state index < -0.39 is 5.97 Å². The highest BCUT2D eigenvalue weighted by Gasteiger charge is 2.36. The van der Waals surface area contributed by atoms with Gasteiger partial charge in [-0.2, -0.15) is 0 Å². The van der Waals surface area contributed by atoms with E-state index in [1.807, 2.05) is 52.8 Å². The monoisotopic (exact) mass is 507 g/mol. The summed E-state index contributed by atoms with van der Waals surface area (Å²) in [5.41, 5.74) is 4.64. The SMILES string of the molecule is Cc1cc(C(=O)NC(C)(C)C)cc(-c2cc(C(=O)NC3CC(C(=O)O)C3)c(C)n2CC2CCCCC2)c1. The Morgan fingerprint density at radius 3 is 2.27 bits per heavy atom. The molecule has 0 radical (unpaired) electrons. The van der Waals surface area contributed by atoms with E-state index in [0.29, 0.717) is 29.9 Å². The van der Waals surface area contributed by atoms with Crippen molar-refractivity contribution in [1.29, 1.82) is 0 Å². The van der Waals surface area contributed by atoms with Gasteiger partial charge in [-0.3, -0.25) is 14.4 Å². The first-order valence-corrected chi connectivity index (χ1v) is 13.6. The summed E-state index contributed by atoms with van der Waals surface area (Å²) in [5, 5.41) is 15.3. The van der Waals surface area contributed by atoms with E-state index >= 15 is 0 Å². The van der Waals surface area contributed by atoms with E-state index in [2.05, 4.69) is 21.3 Å². The van der Waals surface area contributed by atoms with E-state index in [4.69, 9.17) is 5.11 Å². The lowest BCUT2D eigenvalue weighted by molar-refractivity contribution is -0.145. The van der Waals surface area contributed by atoms with Gasteiger partial charge < -0.3 is 20.3 Å². The smallest absolute Gasteiger partial charge is 0.306 e. The van der Waals surface area contributed by atoms with Crippen molar-refractivity contribution in [3.8, 4) is 11.3 Å². The number of hydrogen-bond acceptors (Lipinski definition) is 3. The van der Waals surface area contributed by atoms with Crippen LogP contribution < -0.4 is 10.6 Å². The minimum absolute atomic E-state index is 0.107. The molecule has 2 fully saturated rings. The van der Waals surface area contributed by atoms with E-state index in [1.54, 1.807) is 0 Å². The molecule has 2 saturated carbocycles. The van der Waals surface area contributed by atoms with Crippen molar-refractivity contribution < 1.29 is 19.5 Å². The van der Waals surface area contributed by atoms with Crippen molar-refractivity contribution >= 4 is 17.8 Å². The summed E-state index contributed by atoms with van der Waals surface area (Å²) in [7, 11) is 0. The maximum Gasteiger partial charge on any atom is 0.306 e. The molecular formula is C30H41N3O4. The highest BCUT2D eigenvalue weighted by Crippen LogP contribution is 2.33. The molecule has 7 heteroatoms. The molecule has 2 aliphatic rings. The van der Waals surface area contributed by atoms with Crippen molar-refractivity contribution in [1.82, 2.24) is 15.2 Å². The quantitative estimate of drug-likeness (QED) is 0.462. The summed E-state index contributed by atoms with van der Waals surface area (Å²) in [5.74, 6) is -0.883. The molecule has 1 aromatic heterocycles. The highest BCUT2D eigenvalue weighted by molar-refractivity contribution is 5.98. The number of aliphatic carboxylic acids is 1. The van der Waals surface area contributed by atoms with Crippen LogP contribution in [-0.2, 0) is 11.3 Å². The number of hydrogen-bond donors (Lipinski definition) is 3. The second-order valence-corrected chi connectivity index (χ2v) is 12.1. The van der Waals surface area contributed by atoms with Crippen LogP contribution in [0.1, 0.15) is 97.7 Å². The van der Waals surface area contributed by atoms with Crippen molar-refractivity contribution in [3.63, 3.8) is 0 Å². The lowest BCUT2D eigenvalue weighted by Gasteiger charge is -2.32. The average Bonchev–Trinajstić information content (AvgIpc) is 3.11. The number of carboxylic acid groups (broad SMARTS) is 1. The summed E-state index contributed by atoms with van der Waals surface area (Å²) in [6.45, 7) is 10.7. The van der Waals surface area contributed by atoms with Crippen molar-refractivity contribution in [2.75, 3.05) is 0 Å². The van der Waals surface area contributed by atoms with Crippen LogP contribution in [0.5, 0.6) is 0 Å². The average molecular weight is 508 g/mol. The summed E-state index contributed by atoms with van der Waals surface area (Å²) >= 11 is 0. The number of carbonyl (C=O) groups is 3. The fourth-order valence-electron chi connectivity index (χ4n) is 5.65. The van der Waals surface area contributed by atoms with Crippen LogP contribution in [0.3, 0.4) is 0 Å². The summed E-state index contributed by atoms with van der Waals surface area (Å²) in [6, 6.07) is 7.73. The minimum atomic E-state index is -0.798. The second kappa shape index (κ2) is 10.7. The molecule has 2 aromatic rings. The van der Waals surface area contributed by atoms with Crippen molar-refractivity contribution in [2.24, 2.45) is 11.8 Å². The molecular weight excluding hydrogens is 466 g/mol. The third-order valence-electron chi connectivity index (χ3n) is 7.72. The number of carboxylic acids is 1. The van der Waals surface area contributed by atoms with Gasteiger partial charge in [0.1, 0.15) is 0 Å². The third kappa shape index (κ3) is 6.43. The highest BCUT2D eigenvalue weighted by atomic mass is 16.4. The van der Waals surface area contributed by atoms with Crippen molar-refractivity contribution in [3.05, 3.63) is 46.6 Å². The van der Waals surface area contributed by atoms with E-state index in [0.717, 1.165) is 29.1 Å². The number of rotatable bonds is 7. The number of aromatic nitrogens is 1. The Balaban J connectivity index is 1.67. The predicted molar refractivity (Wildman–Crippen MR) is 145 cm³/mol. The fraction of sp³-hybridized carbons (Fsp3) is 0.567. The Morgan fingerprint density at radius 1 is 0.973 bits per heavy atom. The number of aryl methyl sites for hydroxylation is 1. The van der Waals surface area contributed by atoms with Crippen LogP contribution >= 0.6 is 0 Å². The van der Waals surface area contributed by atoms with Gasteiger partial charge in [0.2, 0.25) is 0 Å². The molecule has 2 aliphatic carbocycles. The zero-order valence-corrected chi connectivity index (χ0v) is 22.8. The van der Waals surface area contributed by atoms with Gasteiger partial charge in [-0.05, 0) is 102 Å². The summed E-state index contributed by atoms with van der Waals surface area (Å²) in [4.78, 5) is 37.5. The molecule has 0 bridgehead atoms. The van der Waals surface area contributed by atoms with Crippen LogP contribution in [0.2, 0.25) is 0 Å². The minimum Gasteiger partial charge on any atom is -0.481 e. The van der Waals surface area contributed by atoms with Crippen LogP contribution in [-0.4, -0.2) is 39.0 Å². The molecule has 200 valence electrons. The Kier molecular flexibility index (Phi) is 7.81. The topological polar surface area (TPSA) is 100 Å². The normalized spacial score (nSPS) is 20.2. The van der Waals surface area contributed by atoms with Crippen LogP contribution in [0.25, 0.3) is 11.3 Å². The zero-order chi connectivity index (χ0) is 26.9. The first-order chi connectivity index (χ1) is 17.4. The van der Waals surface area contributed by atoms with Gasteiger partial charge in [0.25, 0.3) is 11.8 Å². The number of nitrogens with zero attached hydrogens (tertiary/aromatic N) is 1. The Bertz CT molecular complexity index is 1180. The van der Waals surface area contributed by atoms with Gasteiger partial charge in [-0.25, -0.2) is 0 Å². The van der Waals surface area contributed by atoms with E-state index in [-0.39, 0.29) is 29.3 Å². The molecule has 1 heterocycles. The Hall–Kier alpha value is -3.09. The maximum absolute atomic E-state index is 13.3. The predicted octanol–water partition coefficient (Wildman–Crippen LogP) is 5.47. The molecule has 4 rings (SSSR count). The molecule has 0 atom stereocenters. The Labute approximate surface area is 220 Å². The molecule has 0 aliphatic heterocycles. The van der Waals surface area contributed by atoms with Gasteiger partial charge in [0.05, 0.1) is 11.5 Å². The summed E-state index contributed by atoms with van der Waals surface area (Å²) < 4.78 is 2.26. The molecule has 2 amide bonds. The molecule has 0 unspecified atom stereocenters. The maximum atomic E-state index is 13.3. The van der Waals surface area contributed by atoms with Crippen LogP contribution in [0, 0.1) is 25.7 Å². The molecule has 3 N–H and O–H groups in total. The molecule has 37 heavy (non-hydrogen) atoms. The van der Waals surface area contributed by atoms with Gasteiger partial charge in [-0.15, -0.1) is 0 Å². The first-order valence-electron chi connectivity index (χ1n) is 13.6. The second-order valence-electron chi connectivity index (χ2n) is 12.1. The van der Waals surface area contributed by atoms with Crippen LogP contribution in [0.15, 0.2) is 24.3 Å². The van der Waals surface area contributed by atoms with Gasteiger partial charge in [-0.1, -0.05) is 19.3 Å². The number of carbonyl (C=O) groups excluding carboxylic acids is 2. The zero-order valence-electron chi connectivity index (χ0n) is 22.8. The largest absolute Gasteiger partial charge is 0.481 e. The van der Waals surface area contributed by atoms with Gasteiger partial charge in [0.15, 0.2) is 0 Å². The third-order valence-corrected chi connectivity index (χ3v) is 7.72. The lowest BCUT2D eigenvalue weighted by atomic mass is 9.80. The number of benzene rings is 1. The lowest BCUT2D eigenvalue weighted by Crippen LogP contribution is -2.46. The molecule has 7 nitrogen and oxygen atoms in total. The molecule has 1 aromatic carbocycles. The van der Waals surface area contributed by atoms with Crippen molar-refractivity contribution in [2.45, 2.75) is 97.7 Å². The van der Waals surface area contributed by atoms with E-state index in [1.165, 1.54) is 32.1 Å². The Morgan fingerprint density at radius 2 is 1.65 bits per heavy atom. The van der Waals surface area contributed by atoms with Crippen LogP contribution in [0.4, 0.5) is 0 Å². The fourth-order valence-corrected chi connectivity index (χ4v) is 5.65. The van der Waals surface area contributed by atoms with Gasteiger partial charge >= 0.3 is 5.97 Å². The number of nitrogens with one attached hydrogen (secondary N) is 2. The van der Waals surface area contributed by atoms with Gasteiger partial charge in [0, 0.05) is 35.1 Å².